The van der Waals surface area contributed by atoms with Crippen LogP contribution in [0.15, 0.2) is 0 Å². The van der Waals surface area contributed by atoms with Gasteiger partial charge in [-0.3, -0.25) is 0 Å². The summed E-state index contributed by atoms with van der Waals surface area (Å²) in [6.45, 7) is 5.78. The van der Waals surface area contributed by atoms with Gasteiger partial charge < -0.3 is 5.32 Å². The van der Waals surface area contributed by atoms with Gasteiger partial charge >= 0.3 is 6.03 Å². The molecule has 0 aliphatic carbocycles. The Labute approximate surface area is 59.1 Å². The summed E-state index contributed by atoms with van der Waals surface area (Å²) in [6, 6.07) is -0.132. The van der Waals surface area contributed by atoms with Gasteiger partial charge in [0.2, 0.25) is 5.72 Å². The first-order valence-electron chi connectivity index (χ1n) is 3.29. The normalized spacial score (nSPS) is 41.1. The van der Waals surface area contributed by atoms with E-state index in [1.54, 1.807) is 0 Å². The highest BCUT2D eigenvalue weighted by Crippen LogP contribution is 2.47. The van der Waals surface area contributed by atoms with Crippen LogP contribution in [-0.2, 0) is 4.84 Å². The second kappa shape index (κ2) is 1.16. The number of carbonyl (C=O) groups is 1. The number of amides is 2. The first-order valence-corrected chi connectivity index (χ1v) is 3.29. The fraction of sp³-hybridized carbons (Fsp3) is 0.833. The van der Waals surface area contributed by atoms with Gasteiger partial charge in [0.25, 0.3) is 0 Å². The van der Waals surface area contributed by atoms with Gasteiger partial charge in [-0.2, -0.15) is 5.06 Å². The van der Waals surface area contributed by atoms with Crippen LogP contribution in [0.4, 0.5) is 4.79 Å². The van der Waals surface area contributed by atoms with Gasteiger partial charge in [-0.1, -0.05) is 0 Å². The zero-order valence-corrected chi connectivity index (χ0v) is 6.26. The summed E-state index contributed by atoms with van der Waals surface area (Å²) in [4.78, 5) is 16.0. The summed E-state index contributed by atoms with van der Waals surface area (Å²) >= 11 is 0. The Bertz CT molecular complexity index is 211. The van der Waals surface area contributed by atoms with Crippen molar-refractivity contribution < 1.29 is 9.63 Å². The van der Waals surface area contributed by atoms with Gasteiger partial charge in [0.1, 0.15) is 0 Å². The zero-order valence-electron chi connectivity index (χ0n) is 6.26. The minimum atomic E-state index is -0.399. The van der Waals surface area contributed by atoms with E-state index < -0.39 is 5.72 Å². The van der Waals surface area contributed by atoms with E-state index in [4.69, 9.17) is 4.84 Å². The largest absolute Gasteiger partial charge is 0.344 e. The molecule has 2 heterocycles. The summed E-state index contributed by atoms with van der Waals surface area (Å²) in [7, 11) is 0. The summed E-state index contributed by atoms with van der Waals surface area (Å²) < 4.78 is 0. The average molecular weight is 142 g/mol. The molecule has 10 heavy (non-hydrogen) atoms. The first kappa shape index (κ1) is 5.97. The molecule has 0 radical (unpaired) electrons. The van der Waals surface area contributed by atoms with Crippen molar-refractivity contribution in [3.05, 3.63) is 0 Å². The highest BCUT2D eigenvalue weighted by atomic mass is 16.9. The lowest BCUT2D eigenvalue weighted by atomic mass is 9.96. The topological polar surface area (TPSA) is 44.6 Å². The van der Waals surface area contributed by atoms with E-state index >= 15 is 0 Å². The van der Waals surface area contributed by atoms with Crippen molar-refractivity contribution in [3.63, 3.8) is 0 Å². The van der Waals surface area contributed by atoms with E-state index in [-0.39, 0.29) is 11.6 Å². The molecule has 2 aliphatic heterocycles. The number of urea groups is 1. The molecule has 4 heteroatoms. The lowest BCUT2D eigenvalue weighted by Gasteiger charge is -2.21. The molecule has 2 fully saturated rings. The van der Waals surface area contributed by atoms with Crippen molar-refractivity contribution in [3.8, 4) is 0 Å². The average Bonchev–Trinajstić information content (AvgIpc) is 2.37. The monoisotopic (exact) mass is 142 g/mol. The Balaban J connectivity index is 2.37. The Morgan fingerprint density at radius 2 is 2.10 bits per heavy atom. The van der Waals surface area contributed by atoms with Crippen molar-refractivity contribution in [1.29, 1.82) is 0 Å². The van der Waals surface area contributed by atoms with Crippen LogP contribution in [0.1, 0.15) is 20.8 Å². The maximum absolute atomic E-state index is 10.9. The van der Waals surface area contributed by atoms with Gasteiger partial charge in [-0.05, 0) is 20.8 Å². The number of hydrogen-bond donors (Lipinski definition) is 1. The highest BCUT2D eigenvalue weighted by molar-refractivity contribution is 5.80. The molecular weight excluding hydrogens is 132 g/mol. The Kier molecular flexibility index (Phi) is 0.695. The molecular formula is C6H10N2O2. The van der Waals surface area contributed by atoms with Crippen LogP contribution in [0.2, 0.25) is 0 Å². The Morgan fingerprint density at radius 3 is 2.20 bits per heavy atom. The fourth-order valence-corrected chi connectivity index (χ4v) is 1.19. The second-order valence-electron chi connectivity index (χ2n) is 3.42. The maximum atomic E-state index is 10.9. The number of nitrogens with zero attached hydrogens (tertiary/aromatic N) is 1. The molecule has 0 saturated carbocycles. The van der Waals surface area contributed by atoms with Gasteiger partial charge in [0.15, 0.2) is 0 Å². The van der Waals surface area contributed by atoms with E-state index in [0.29, 0.717) is 0 Å². The maximum Gasteiger partial charge on any atom is 0.344 e. The van der Waals surface area contributed by atoms with Crippen molar-refractivity contribution in [2.24, 2.45) is 0 Å². The van der Waals surface area contributed by atoms with Gasteiger partial charge in [0, 0.05) is 0 Å². The zero-order chi connectivity index (χ0) is 7.57. The fourth-order valence-electron chi connectivity index (χ4n) is 1.19. The molecule has 0 spiro atoms. The minimum Gasteiger partial charge on any atom is -0.326 e. The Morgan fingerprint density at radius 1 is 1.50 bits per heavy atom. The minimum absolute atomic E-state index is 0.132. The smallest absolute Gasteiger partial charge is 0.326 e. The van der Waals surface area contributed by atoms with E-state index in [9.17, 15) is 4.79 Å². The summed E-state index contributed by atoms with van der Waals surface area (Å²) in [6.07, 6.45) is 0. The number of fused-ring (bicyclic) bond motifs is 1. The van der Waals surface area contributed by atoms with Crippen molar-refractivity contribution in [2.45, 2.75) is 32.0 Å². The van der Waals surface area contributed by atoms with Crippen LogP contribution >= 0.6 is 0 Å². The third-order valence-electron chi connectivity index (χ3n) is 2.39. The lowest BCUT2D eigenvalue weighted by Crippen LogP contribution is -2.46. The number of rotatable bonds is 0. The molecule has 2 rings (SSSR count). The predicted molar refractivity (Wildman–Crippen MR) is 33.9 cm³/mol. The lowest BCUT2D eigenvalue weighted by molar-refractivity contribution is 0.136. The third kappa shape index (κ3) is 0.408. The summed E-state index contributed by atoms with van der Waals surface area (Å²) in [5.74, 6) is 0. The van der Waals surface area contributed by atoms with E-state index in [1.807, 2.05) is 20.8 Å². The Hall–Kier alpha value is -0.770. The van der Waals surface area contributed by atoms with E-state index in [2.05, 4.69) is 5.32 Å². The van der Waals surface area contributed by atoms with Gasteiger partial charge in [0.05, 0.1) is 5.54 Å². The van der Waals surface area contributed by atoms with Gasteiger partial charge in [-0.15, -0.1) is 0 Å². The molecule has 0 aromatic rings. The highest BCUT2D eigenvalue weighted by Gasteiger charge is 2.70. The molecule has 1 atom stereocenters. The van der Waals surface area contributed by atoms with Crippen LogP contribution in [-0.4, -0.2) is 22.4 Å². The molecule has 0 bridgehead atoms. The summed E-state index contributed by atoms with van der Waals surface area (Å²) in [5, 5.41) is 4.16. The number of nitrogens with one attached hydrogen (secondary N) is 1. The molecule has 0 aromatic carbocycles. The molecule has 0 aromatic heterocycles. The van der Waals surface area contributed by atoms with Crippen molar-refractivity contribution in [1.82, 2.24) is 10.4 Å². The van der Waals surface area contributed by atoms with Gasteiger partial charge in [-0.25, -0.2) is 9.63 Å². The van der Waals surface area contributed by atoms with Crippen molar-refractivity contribution >= 4 is 6.03 Å². The van der Waals surface area contributed by atoms with Crippen LogP contribution in [0.3, 0.4) is 0 Å². The van der Waals surface area contributed by atoms with Crippen molar-refractivity contribution in [2.75, 3.05) is 0 Å². The predicted octanol–water partition coefficient (Wildman–Crippen LogP) is 0.452. The standard InChI is InChI=1S/C6H10N2O2/c1-5(2)6(3)8(10-6)4(9)7-5/h1-3H3,(H,7,9). The van der Waals surface area contributed by atoms with Crippen LogP contribution < -0.4 is 5.32 Å². The van der Waals surface area contributed by atoms with Crippen LogP contribution in [0, 0.1) is 0 Å². The third-order valence-corrected chi connectivity index (χ3v) is 2.39. The first-order chi connectivity index (χ1) is 4.47. The number of hydroxylamine groups is 2. The molecule has 2 saturated heterocycles. The van der Waals surface area contributed by atoms with E-state index in [0.717, 1.165) is 0 Å². The number of carbonyl (C=O) groups excluding carboxylic acids is 1. The molecule has 56 valence electrons. The molecule has 1 unspecified atom stereocenters. The quantitative estimate of drug-likeness (QED) is 0.499. The number of hydrogen-bond acceptors (Lipinski definition) is 2. The molecule has 2 amide bonds. The summed E-state index contributed by atoms with van der Waals surface area (Å²) in [5.41, 5.74) is -0.659. The molecule has 1 N–H and O–H groups in total. The van der Waals surface area contributed by atoms with E-state index in [1.165, 1.54) is 5.06 Å². The SMILES string of the molecule is CC1(C)NC(=O)N2OC21C. The van der Waals surface area contributed by atoms with Crippen LogP contribution in [0.25, 0.3) is 0 Å². The molecule has 4 nitrogen and oxygen atoms in total. The van der Waals surface area contributed by atoms with Crippen LogP contribution in [0.5, 0.6) is 0 Å². The molecule has 2 aliphatic rings. The second-order valence-corrected chi connectivity index (χ2v) is 3.42.